The average Bonchev–Trinajstić information content (AvgIpc) is 3.03. The molecule has 0 fully saturated rings. The van der Waals surface area contributed by atoms with Crippen LogP contribution in [0.1, 0.15) is 0 Å². The SMILES string of the molecule is Fc1ccc(Br)c2c(Cl)nc(-c3cc4sccc4s3)nc12. The van der Waals surface area contributed by atoms with E-state index in [1.54, 1.807) is 28.7 Å². The molecular formula is C14H5BrClFN2S2. The second-order valence-corrected chi connectivity index (χ2v) is 7.59. The maximum atomic E-state index is 14.0. The predicted octanol–water partition coefficient (Wildman–Crippen LogP) is 6.13. The lowest BCUT2D eigenvalue weighted by Gasteiger charge is -2.05. The minimum Gasteiger partial charge on any atom is -0.224 e. The Morgan fingerprint density at radius 1 is 1.14 bits per heavy atom. The fraction of sp³-hybridized carbons (Fsp3) is 0. The van der Waals surface area contributed by atoms with Crippen LogP contribution in [-0.4, -0.2) is 9.97 Å². The summed E-state index contributed by atoms with van der Waals surface area (Å²) < 4.78 is 17.0. The minimum absolute atomic E-state index is 0.233. The van der Waals surface area contributed by atoms with Crippen molar-refractivity contribution in [1.82, 2.24) is 9.97 Å². The summed E-state index contributed by atoms with van der Waals surface area (Å²) in [7, 11) is 0. The summed E-state index contributed by atoms with van der Waals surface area (Å²) in [6.45, 7) is 0. The quantitative estimate of drug-likeness (QED) is 0.360. The first-order valence-electron chi connectivity index (χ1n) is 5.92. The monoisotopic (exact) mass is 398 g/mol. The van der Waals surface area contributed by atoms with E-state index in [2.05, 4.69) is 25.9 Å². The van der Waals surface area contributed by atoms with Gasteiger partial charge in [0.1, 0.15) is 16.5 Å². The Bertz CT molecular complexity index is 967. The highest BCUT2D eigenvalue weighted by Gasteiger charge is 2.15. The summed E-state index contributed by atoms with van der Waals surface area (Å²) in [5, 5.41) is 2.78. The third kappa shape index (κ3) is 2.17. The summed E-state index contributed by atoms with van der Waals surface area (Å²) in [6, 6.07) is 7.03. The molecule has 0 spiro atoms. The van der Waals surface area contributed by atoms with E-state index >= 15 is 0 Å². The number of halogens is 3. The van der Waals surface area contributed by atoms with E-state index in [0.29, 0.717) is 15.7 Å². The molecule has 104 valence electrons. The van der Waals surface area contributed by atoms with E-state index in [-0.39, 0.29) is 10.7 Å². The van der Waals surface area contributed by atoms with Gasteiger partial charge in [0.2, 0.25) is 0 Å². The van der Waals surface area contributed by atoms with Crippen LogP contribution in [0.4, 0.5) is 4.39 Å². The van der Waals surface area contributed by atoms with Crippen molar-refractivity contribution in [2.24, 2.45) is 0 Å². The number of thiophene rings is 2. The van der Waals surface area contributed by atoms with Gasteiger partial charge >= 0.3 is 0 Å². The smallest absolute Gasteiger partial charge is 0.171 e. The molecule has 21 heavy (non-hydrogen) atoms. The van der Waals surface area contributed by atoms with E-state index in [4.69, 9.17) is 11.6 Å². The van der Waals surface area contributed by atoms with Crippen LogP contribution in [0.2, 0.25) is 5.15 Å². The molecule has 0 saturated heterocycles. The van der Waals surface area contributed by atoms with Crippen LogP contribution in [0, 0.1) is 5.82 Å². The van der Waals surface area contributed by atoms with Gasteiger partial charge in [-0.2, -0.15) is 0 Å². The maximum absolute atomic E-state index is 14.0. The molecule has 2 nitrogen and oxygen atoms in total. The van der Waals surface area contributed by atoms with Crippen molar-refractivity contribution in [1.29, 1.82) is 0 Å². The molecule has 3 aromatic heterocycles. The normalized spacial score (nSPS) is 11.6. The molecule has 0 radical (unpaired) electrons. The highest BCUT2D eigenvalue weighted by molar-refractivity contribution is 9.10. The van der Waals surface area contributed by atoms with Crippen LogP contribution < -0.4 is 0 Å². The van der Waals surface area contributed by atoms with E-state index in [9.17, 15) is 4.39 Å². The number of benzene rings is 1. The van der Waals surface area contributed by atoms with E-state index in [1.807, 2.05) is 17.5 Å². The number of aromatic nitrogens is 2. The molecule has 0 aliphatic carbocycles. The molecule has 7 heteroatoms. The van der Waals surface area contributed by atoms with Crippen molar-refractivity contribution in [3.05, 3.63) is 45.1 Å². The molecule has 0 bridgehead atoms. The Balaban J connectivity index is 2.02. The van der Waals surface area contributed by atoms with Gasteiger partial charge < -0.3 is 0 Å². The molecule has 4 aromatic rings. The highest BCUT2D eigenvalue weighted by Crippen LogP contribution is 2.37. The summed E-state index contributed by atoms with van der Waals surface area (Å²) in [4.78, 5) is 9.57. The van der Waals surface area contributed by atoms with E-state index in [1.165, 1.54) is 15.5 Å². The number of rotatable bonds is 1. The van der Waals surface area contributed by atoms with Gasteiger partial charge in [-0.15, -0.1) is 22.7 Å². The Labute approximate surface area is 140 Å². The van der Waals surface area contributed by atoms with Crippen molar-refractivity contribution in [3.63, 3.8) is 0 Å². The van der Waals surface area contributed by atoms with Gasteiger partial charge in [-0.25, -0.2) is 14.4 Å². The van der Waals surface area contributed by atoms with Crippen LogP contribution in [0.5, 0.6) is 0 Å². The van der Waals surface area contributed by atoms with Gasteiger partial charge in [-0.05, 0) is 45.6 Å². The molecule has 0 aliphatic rings. The van der Waals surface area contributed by atoms with Gasteiger partial charge in [-0.1, -0.05) is 11.6 Å². The number of nitrogens with zero attached hydrogens (tertiary/aromatic N) is 2. The third-order valence-corrected chi connectivity index (χ3v) is 6.09. The molecule has 0 aliphatic heterocycles. The highest BCUT2D eigenvalue weighted by atomic mass is 79.9. The largest absolute Gasteiger partial charge is 0.224 e. The average molecular weight is 400 g/mol. The second kappa shape index (κ2) is 4.98. The molecule has 4 rings (SSSR count). The molecule has 0 atom stereocenters. The van der Waals surface area contributed by atoms with Crippen molar-refractivity contribution >= 4 is 70.5 Å². The van der Waals surface area contributed by atoms with Crippen LogP contribution in [0.25, 0.3) is 31.0 Å². The summed E-state index contributed by atoms with van der Waals surface area (Å²) in [6.07, 6.45) is 0. The molecule has 0 saturated carbocycles. The molecular weight excluding hydrogens is 395 g/mol. The van der Waals surface area contributed by atoms with Gasteiger partial charge in [0, 0.05) is 13.9 Å². The first-order chi connectivity index (χ1) is 10.1. The van der Waals surface area contributed by atoms with Crippen LogP contribution >= 0.6 is 50.2 Å². The zero-order valence-electron chi connectivity index (χ0n) is 10.2. The number of hydrogen-bond acceptors (Lipinski definition) is 4. The van der Waals surface area contributed by atoms with Crippen molar-refractivity contribution in [2.75, 3.05) is 0 Å². The minimum atomic E-state index is -0.405. The Kier molecular flexibility index (Phi) is 3.22. The topological polar surface area (TPSA) is 25.8 Å². The lowest BCUT2D eigenvalue weighted by Crippen LogP contribution is -1.93. The van der Waals surface area contributed by atoms with Crippen LogP contribution in [0.15, 0.2) is 34.1 Å². The first-order valence-corrected chi connectivity index (χ1v) is 8.79. The first kappa shape index (κ1) is 13.6. The summed E-state index contributed by atoms with van der Waals surface area (Å²) in [5.74, 6) is 0.0509. The molecule has 1 aromatic carbocycles. The van der Waals surface area contributed by atoms with Crippen molar-refractivity contribution in [3.8, 4) is 10.7 Å². The Morgan fingerprint density at radius 3 is 2.81 bits per heavy atom. The van der Waals surface area contributed by atoms with Crippen LogP contribution in [0.3, 0.4) is 0 Å². The van der Waals surface area contributed by atoms with Gasteiger partial charge in [0.15, 0.2) is 5.82 Å². The summed E-state index contributed by atoms with van der Waals surface area (Å²) in [5.41, 5.74) is 0.233. The predicted molar refractivity (Wildman–Crippen MR) is 90.9 cm³/mol. The number of hydrogen-bond donors (Lipinski definition) is 0. The maximum Gasteiger partial charge on any atom is 0.171 e. The van der Waals surface area contributed by atoms with Crippen molar-refractivity contribution in [2.45, 2.75) is 0 Å². The van der Waals surface area contributed by atoms with E-state index < -0.39 is 5.82 Å². The fourth-order valence-electron chi connectivity index (χ4n) is 2.11. The zero-order chi connectivity index (χ0) is 14.6. The Hall–Kier alpha value is -1.08. The molecule has 0 unspecified atom stereocenters. The Morgan fingerprint density at radius 2 is 2.00 bits per heavy atom. The molecule has 0 N–H and O–H groups in total. The molecule has 0 amide bonds. The standard InChI is InChI=1S/C14H5BrClFN2S2/c15-6-1-2-7(17)12-11(6)13(16)19-14(18-12)10-5-9-8(21-10)3-4-20-9/h1-5H. The lowest BCUT2D eigenvalue weighted by atomic mass is 10.2. The van der Waals surface area contributed by atoms with Gasteiger partial charge in [0.25, 0.3) is 0 Å². The van der Waals surface area contributed by atoms with Crippen molar-refractivity contribution < 1.29 is 4.39 Å². The van der Waals surface area contributed by atoms with E-state index in [0.717, 1.165) is 4.88 Å². The second-order valence-electron chi connectivity index (χ2n) is 4.35. The number of fused-ring (bicyclic) bond motifs is 2. The zero-order valence-corrected chi connectivity index (χ0v) is 14.2. The van der Waals surface area contributed by atoms with Crippen LogP contribution in [-0.2, 0) is 0 Å². The summed E-state index contributed by atoms with van der Waals surface area (Å²) >= 11 is 12.8. The third-order valence-electron chi connectivity index (χ3n) is 3.07. The molecule has 3 heterocycles. The van der Waals surface area contributed by atoms with Gasteiger partial charge in [-0.3, -0.25) is 0 Å². The lowest BCUT2D eigenvalue weighted by molar-refractivity contribution is 0.636. The van der Waals surface area contributed by atoms with Gasteiger partial charge in [0.05, 0.1) is 10.3 Å². The fourth-order valence-corrected chi connectivity index (χ4v) is 5.05.